The molecule has 0 saturated carbocycles. The van der Waals surface area contributed by atoms with Crippen molar-refractivity contribution in [1.29, 1.82) is 0 Å². The summed E-state index contributed by atoms with van der Waals surface area (Å²) >= 11 is 0. The van der Waals surface area contributed by atoms with Crippen LogP contribution in [-0.4, -0.2) is 33.6 Å². The van der Waals surface area contributed by atoms with E-state index in [1.54, 1.807) is 0 Å². The molecule has 3 N–H and O–H groups in total. The molecule has 24 heavy (non-hydrogen) atoms. The highest BCUT2D eigenvalue weighted by Crippen LogP contribution is 2.31. The van der Waals surface area contributed by atoms with E-state index in [0.717, 1.165) is 12.3 Å². The molecular formula is C14H13NO7S2. The van der Waals surface area contributed by atoms with Crippen molar-refractivity contribution < 1.29 is 30.9 Å². The van der Waals surface area contributed by atoms with E-state index in [-0.39, 0.29) is 5.75 Å². The van der Waals surface area contributed by atoms with Crippen molar-refractivity contribution in [2.45, 2.75) is 4.90 Å². The molecule has 0 heterocycles. The van der Waals surface area contributed by atoms with E-state index < -0.39 is 30.8 Å². The molecule has 0 bridgehead atoms. The Bertz CT molecular complexity index is 1050. The van der Waals surface area contributed by atoms with E-state index in [0.29, 0.717) is 27.9 Å². The van der Waals surface area contributed by atoms with E-state index in [4.69, 9.17) is 10.5 Å². The number of hydrogen-bond acceptors (Lipinski definition) is 7. The number of fused-ring (bicyclic) bond motifs is 1. The summed E-state index contributed by atoms with van der Waals surface area (Å²) in [5.74, 6) is -1.19. The molecule has 2 rings (SSSR count). The van der Waals surface area contributed by atoms with Crippen LogP contribution in [-0.2, 0) is 24.7 Å². The Morgan fingerprint density at radius 2 is 1.83 bits per heavy atom. The highest BCUT2D eigenvalue weighted by molar-refractivity contribution is 7.93. The van der Waals surface area contributed by atoms with Crippen LogP contribution in [0.4, 0.5) is 5.69 Å². The lowest BCUT2D eigenvalue weighted by Gasteiger charge is -2.09. The molecular weight excluding hydrogens is 358 g/mol. The second kappa shape index (κ2) is 6.23. The van der Waals surface area contributed by atoms with Gasteiger partial charge in [0.2, 0.25) is 0 Å². The first kappa shape index (κ1) is 17.9. The first-order valence-corrected chi connectivity index (χ1v) is 9.76. The van der Waals surface area contributed by atoms with Gasteiger partial charge in [-0.1, -0.05) is 0 Å². The van der Waals surface area contributed by atoms with Crippen molar-refractivity contribution in [3.05, 3.63) is 41.8 Å². The average molecular weight is 371 g/mol. The third-order valence-electron chi connectivity index (χ3n) is 2.87. The lowest BCUT2D eigenvalue weighted by Crippen LogP contribution is -2.07. The monoisotopic (exact) mass is 371 g/mol. The van der Waals surface area contributed by atoms with Crippen LogP contribution in [0.5, 0.6) is 5.75 Å². The second-order valence-electron chi connectivity index (χ2n) is 4.93. The standard InChI is InChI=1S/C14H13NO7S2/c1-23(17,18)5-4-14(16)22-13-8-11(24(19,20)21)7-9-6-10(15)2-3-12(9)13/h2-8H,15H2,1H3,(H,19,20,21). The largest absolute Gasteiger partial charge is 0.423 e. The van der Waals surface area contributed by atoms with E-state index >= 15 is 0 Å². The molecule has 0 radical (unpaired) electrons. The normalized spacial score (nSPS) is 12.6. The van der Waals surface area contributed by atoms with Crippen LogP contribution in [0.15, 0.2) is 46.7 Å². The Morgan fingerprint density at radius 3 is 2.42 bits per heavy atom. The Labute approximate surface area is 138 Å². The number of nitrogens with two attached hydrogens (primary N) is 1. The number of carbonyl (C=O) groups excluding carboxylic acids is 1. The van der Waals surface area contributed by atoms with Crippen molar-refractivity contribution in [2.75, 3.05) is 12.0 Å². The Hall–Kier alpha value is -2.43. The highest BCUT2D eigenvalue weighted by atomic mass is 32.2. The predicted octanol–water partition coefficient (Wildman–Crippen LogP) is 1.13. The lowest BCUT2D eigenvalue weighted by molar-refractivity contribution is -0.128. The molecule has 0 amide bonds. The summed E-state index contributed by atoms with van der Waals surface area (Å²) in [5.41, 5.74) is 5.97. The summed E-state index contributed by atoms with van der Waals surface area (Å²) in [6, 6.07) is 6.58. The molecule has 0 fully saturated rings. The zero-order valence-electron chi connectivity index (χ0n) is 12.3. The first-order chi connectivity index (χ1) is 11.0. The molecule has 0 aromatic heterocycles. The van der Waals surface area contributed by atoms with Crippen LogP contribution >= 0.6 is 0 Å². The third-order valence-corrected chi connectivity index (χ3v) is 4.33. The maximum Gasteiger partial charge on any atom is 0.336 e. The summed E-state index contributed by atoms with van der Waals surface area (Å²) < 4.78 is 58.9. The minimum atomic E-state index is -4.55. The van der Waals surface area contributed by atoms with Gasteiger partial charge < -0.3 is 10.5 Å². The molecule has 2 aromatic carbocycles. The molecule has 0 unspecified atom stereocenters. The fourth-order valence-corrected chi connectivity index (χ4v) is 2.77. The fourth-order valence-electron chi connectivity index (χ4n) is 1.88. The van der Waals surface area contributed by atoms with Gasteiger partial charge in [0.15, 0.2) is 9.84 Å². The summed E-state index contributed by atoms with van der Waals surface area (Å²) in [6.45, 7) is 0. The second-order valence-corrected chi connectivity index (χ2v) is 8.28. The summed E-state index contributed by atoms with van der Waals surface area (Å²) in [6.07, 6.45) is 1.59. The highest BCUT2D eigenvalue weighted by Gasteiger charge is 2.16. The van der Waals surface area contributed by atoms with E-state index in [2.05, 4.69) is 0 Å². The molecule has 128 valence electrons. The summed E-state index contributed by atoms with van der Waals surface area (Å²) in [7, 11) is -8.07. The lowest BCUT2D eigenvalue weighted by atomic mass is 10.1. The number of nitrogen functional groups attached to an aromatic ring is 1. The van der Waals surface area contributed by atoms with Crippen LogP contribution < -0.4 is 10.5 Å². The number of ether oxygens (including phenoxy) is 1. The SMILES string of the molecule is CS(=O)(=O)C=CC(=O)Oc1cc(S(=O)(=O)O)cc2cc(N)ccc12. The quantitative estimate of drug-likeness (QED) is 0.268. The molecule has 8 nitrogen and oxygen atoms in total. The number of carbonyl (C=O) groups is 1. The Morgan fingerprint density at radius 1 is 1.17 bits per heavy atom. The van der Waals surface area contributed by atoms with E-state index in [1.807, 2.05) is 0 Å². The van der Waals surface area contributed by atoms with E-state index in [1.165, 1.54) is 24.3 Å². The number of sulfone groups is 1. The Balaban J connectivity index is 2.56. The van der Waals surface area contributed by atoms with Gasteiger partial charge in [0.05, 0.1) is 4.90 Å². The maximum atomic E-state index is 11.7. The van der Waals surface area contributed by atoms with Crippen molar-refractivity contribution in [3.8, 4) is 5.75 Å². The van der Waals surface area contributed by atoms with Crippen LogP contribution in [0.3, 0.4) is 0 Å². The number of anilines is 1. The van der Waals surface area contributed by atoms with Gasteiger partial charge in [-0.05, 0) is 29.7 Å². The molecule has 2 aromatic rings. The molecule has 0 atom stereocenters. The zero-order valence-corrected chi connectivity index (χ0v) is 14.0. The maximum absolute atomic E-state index is 11.7. The minimum absolute atomic E-state index is 0.164. The average Bonchev–Trinajstić information content (AvgIpc) is 2.42. The first-order valence-electron chi connectivity index (χ1n) is 6.36. The van der Waals surface area contributed by atoms with Gasteiger partial charge in [-0.15, -0.1) is 0 Å². The van der Waals surface area contributed by atoms with Gasteiger partial charge in [-0.2, -0.15) is 8.42 Å². The summed E-state index contributed by atoms with van der Waals surface area (Å²) in [4.78, 5) is 11.2. The minimum Gasteiger partial charge on any atom is -0.423 e. The zero-order chi connectivity index (χ0) is 18.1. The van der Waals surface area contributed by atoms with E-state index in [9.17, 15) is 26.2 Å². The molecule has 0 saturated heterocycles. The molecule has 10 heteroatoms. The smallest absolute Gasteiger partial charge is 0.336 e. The van der Waals surface area contributed by atoms with Crippen LogP contribution in [0.1, 0.15) is 0 Å². The van der Waals surface area contributed by atoms with Gasteiger partial charge in [0, 0.05) is 34.9 Å². The van der Waals surface area contributed by atoms with Crippen molar-refractivity contribution >= 4 is 42.4 Å². The van der Waals surface area contributed by atoms with Gasteiger partial charge in [-0.3, -0.25) is 4.55 Å². The number of esters is 1. The fraction of sp³-hybridized carbons (Fsp3) is 0.0714. The number of hydrogen-bond donors (Lipinski definition) is 2. The van der Waals surface area contributed by atoms with Crippen LogP contribution in [0, 0.1) is 0 Å². The Kier molecular flexibility index (Phi) is 4.65. The molecule has 0 aliphatic heterocycles. The summed E-state index contributed by atoms with van der Waals surface area (Å²) in [5, 5.41) is 1.33. The van der Waals surface area contributed by atoms with Crippen molar-refractivity contribution in [3.63, 3.8) is 0 Å². The molecule has 0 aliphatic rings. The topological polar surface area (TPSA) is 141 Å². The van der Waals surface area contributed by atoms with Gasteiger partial charge in [0.1, 0.15) is 5.75 Å². The third kappa shape index (κ3) is 4.54. The number of benzene rings is 2. The molecule has 0 aliphatic carbocycles. The van der Waals surface area contributed by atoms with Gasteiger partial charge >= 0.3 is 5.97 Å². The number of rotatable bonds is 4. The predicted molar refractivity (Wildman–Crippen MR) is 87.8 cm³/mol. The van der Waals surface area contributed by atoms with Gasteiger partial charge in [-0.25, -0.2) is 13.2 Å². The van der Waals surface area contributed by atoms with Gasteiger partial charge in [0.25, 0.3) is 10.1 Å². The van der Waals surface area contributed by atoms with Crippen molar-refractivity contribution in [1.82, 2.24) is 0 Å². The van der Waals surface area contributed by atoms with Crippen LogP contribution in [0.25, 0.3) is 10.8 Å². The van der Waals surface area contributed by atoms with Crippen molar-refractivity contribution in [2.24, 2.45) is 0 Å². The molecule has 0 spiro atoms. The van der Waals surface area contributed by atoms with Crippen LogP contribution in [0.2, 0.25) is 0 Å².